The van der Waals surface area contributed by atoms with Gasteiger partial charge in [-0.1, -0.05) is 23.7 Å². The molecule has 1 amide bonds. The molecule has 0 saturated carbocycles. The number of benzene rings is 2. The van der Waals surface area contributed by atoms with Gasteiger partial charge in [0.1, 0.15) is 0 Å². The maximum absolute atomic E-state index is 12.2. The Hall–Kier alpha value is -2.04. The molecule has 0 unspecified atom stereocenters. The molecule has 0 heterocycles. The molecule has 2 N–H and O–H groups in total. The van der Waals surface area contributed by atoms with Crippen LogP contribution in [0.3, 0.4) is 0 Å². The van der Waals surface area contributed by atoms with E-state index in [1.807, 2.05) is 31.2 Å². The Bertz CT molecular complexity index is 744. The van der Waals surface area contributed by atoms with Crippen LogP contribution in [0.15, 0.2) is 42.5 Å². The number of nitrogens with one attached hydrogen (secondary N) is 2. The summed E-state index contributed by atoms with van der Waals surface area (Å²) in [6.45, 7) is 9.76. The summed E-state index contributed by atoms with van der Waals surface area (Å²) in [5, 5.41) is 7.09. The maximum atomic E-state index is 12.2. The summed E-state index contributed by atoms with van der Waals surface area (Å²) in [5.74, 6) is 0.0314. The highest BCUT2D eigenvalue weighted by Crippen LogP contribution is 2.22. The Morgan fingerprint density at radius 3 is 2.52 bits per heavy atom. The van der Waals surface area contributed by atoms with Gasteiger partial charge in [-0.2, -0.15) is 0 Å². The molecule has 0 aliphatic rings. The number of amides is 1. The number of rotatable bonds is 10. The average Bonchev–Trinajstić information content (AvgIpc) is 2.64. The highest BCUT2D eigenvalue weighted by Gasteiger charge is 2.08. The van der Waals surface area contributed by atoms with E-state index in [2.05, 4.69) is 47.6 Å². The molecule has 27 heavy (non-hydrogen) atoms. The first-order chi connectivity index (χ1) is 13.0. The van der Waals surface area contributed by atoms with E-state index in [1.165, 1.54) is 11.3 Å². The van der Waals surface area contributed by atoms with Crippen LogP contribution in [0.25, 0.3) is 0 Å². The molecule has 5 heteroatoms. The zero-order chi connectivity index (χ0) is 19.6. The molecule has 0 aliphatic carbocycles. The predicted octanol–water partition coefficient (Wildman–Crippen LogP) is 4.66. The first kappa shape index (κ1) is 21.3. The number of carbonyl (C=O) groups excluding carboxylic acids is 1. The third-order valence-electron chi connectivity index (χ3n) is 4.62. The first-order valence-electron chi connectivity index (χ1n) is 9.64. The summed E-state index contributed by atoms with van der Waals surface area (Å²) in [4.78, 5) is 14.5. The Kier molecular flexibility index (Phi) is 8.62. The van der Waals surface area contributed by atoms with Crippen LogP contribution < -0.4 is 15.5 Å². The molecule has 0 atom stereocenters. The van der Waals surface area contributed by atoms with Crippen molar-refractivity contribution in [1.82, 2.24) is 5.32 Å². The van der Waals surface area contributed by atoms with E-state index in [4.69, 9.17) is 11.6 Å². The second kappa shape index (κ2) is 11.0. The fraction of sp³-hybridized carbons (Fsp3) is 0.409. The minimum absolute atomic E-state index is 0.0314. The van der Waals surface area contributed by atoms with Gasteiger partial charge in [-0.05, 0) is 75.2 Å². The van der Waals surface area contributed by atoms with Crippen molar-refractivity contribution in [3.63, 3.8) is 0 Å². The van der Waals surface area contributed by atoms with Gasteiger partial charge >= 0.3 is 0 Å². The van der Waals surface area contributed by atoms with Crippen LogP contribution in [0, 0.1) is 6.92 Å². The van der Waals surface area contributed by atoms with Gasteiger partial charge in [-0.15, -0.1) is 0 Å². The van der Waals surface area contributed by atoms with Crippen LogP contribution in [0.5, 0.6) is 0 Å². The summed E-state index contributed by atoms with van der Waals surface area (Å²) < 4.78 is 0. The van der Waals surface area contributed by atoms with Crippen molar-refractivity contribution in [2.24, 2.45) is 0 Å². The molecule has 0 saturated heterocycles. The van der Waals surface area contributed by atoms with E-state index in [0.29, 0.717) is 13.0 Å². The van der Waals surface area contributed by atoms with Gasteiger partial charge < -0.3 is 15.5 Å². The van der Waals surface area contributed by atoms with Gasteiger partial charge in [-0.25, -0.2) is 0 Å². The Morgan fingerprint density at radius 1 is 1.07 bits per heavy atom. The lowest BCUT2D eigenvalue weighted by Gasteiger charge is -2.22. The van der Waals surface area contributed by atoms with E-state index >= 15 is 0 Å². The standard InChI is InChI=1S/C22H30ClN3O/c1-4-26(5-2)20-9-10-21(17(3)15-20)25-22(27)12-14-24-13-11-18-7-6-8-19(23)16-18/h6-10,15-16,24H,4-5,11-14H2,1-3H3,(H,25,27). The van der Waals surface area contributed by atoms with E-state index in [-0.39, 0.29) is 5.91 Å². The zero-order valence-corrected chi connectivity index (χ0v) is 17.3. The van der Waals surface area contributed by atoms with E-state index in [9.17, 15) is 4.79 Å². The smallest absolute Gasteiger partial charge is 0.225 e. The second-order valence-corrected chi connectivity index (χ2v) is 7.04. The highest BCUT2D eigenvalue weighted by molar-refractivity contribution is 6.30. The normalized spacial score (nSPS) is 10.7. The number of aryl methyl sites for hydroxylation is 1. The molecular formula is C22H30ClN3O. The van der Waals surface area contributed by atoms with Crippen molar-refractivity contribution in [1.29, 1.82) is 0 Å². The molecule has 0 bridgehead atoms. The van der Waals surface area contributed by atoms with E-state index in [1.54, 1.807) is 0 Å². The summed E-state index contributed by atoms with van der Waals surface area (Å²) in [6.07, 6.45) is 1.35. The van der Waals surface area contributed by atoms with Gasteiger partial charge in [0.05, 0.1) is 0 Å². The molecule has 2 aromatic rings. The summed E-state index contributed by atoms with van der Waals surface area (Å²) in [7, 11) is 0. The molecule has 4 nitrogen and oxygen atoms in total. The fourth-order valence-corrected chi connectivity index (χ4v) is 3.25. The van der Waals surface area contributed by atoms with Crippen LogP contribution in [0.1, 0.15) is 31.4 Å². The SMILES string of the molecule is CCN(CC)c1ccc(NC(=O)CCNCCc2cccc(Cl)c2)c(C)c1. The molecule has 2 rings (SSSR count). The van der Waals surface area contributed by atoms with Crippen molar-refractivity contribution in [2.75, 3.05) is 36.4 Å². The number of anilines is 2. The minimum Gasteiger partial charge on any atom is -0.372 e. The number of halogens is 1. The molecule has 2 aromatic carbocycles. The summed E-state index contributed by atoms with van der Waals surface area (Å²) in [6, 6.07) is 14.1. The average molecular weight is 388 g/mol. The van der Waals surface area contributed by atoms with Gasteiger partial charge in [0, 0.05) is 42.5 Å². The van der Waals surface area contributed by atoms with Gasteiger partial charge in [0.15, 0.2) is 0 Å². The van der Waals surface area contributed by atoms with Crippen LogP contribution in [0.2, 0.25) is 5.02 Å². The van der Waals surface area contributed by atoms with Crippen molar-refractivity contribution < 1.29 is 4.79 Å². The summed E-state index contributed by atoms with van der Waals surface area (Å²) in [5.41, 5.74) is 4.36. The maximum Gasteiger partial charge on any atom is 0.225 e. The van der Waals surface area contributed by atoms with Crippen molar-refractivity contribution in [3.05, 3.63) is 58.6 Å². The predicted molar refractivity (Wildman–Crippen MR) is 116 cm³/mol. The quantitative estimate of drug-likeness (QED) is 0.583. The van der Waals surface area contributed by atoms with Crippen molar-refractivity contribution in [3.8, 4) is 0 Å². The lowest BCUT2D eigenvalue weighted by molar-refractivity contribution is -0.116. The van der Waals surface area contributed by atoms with Gasteiger partial charge in [0.25, 0.3) is 0 Å². The summed E-state index contributed by atoms with van der Waals surface area (Å²) >= 11 is 5.98. The molecule has 146 valence electrons. The molecular weight excluding hydrogens is 358 g/mol. The zero-order valence-electron chi connectivity index (χ0n) is 16.5. The third-order valence-corrected chi connectivity index (χ3v) is 4.86. The topological polar surface area (TPSA) is 44.4 Å². The van der Waals surface area contributed by atoms with Crippen LogP contribution in [-0.4, -0.2) is 32.1 Å². The van der Waals surface area contributed by atoms with Crippen LogP contribution in [-0.2, 0) is 11.2 Å². The van der Waals surface area contributed by atoms with Crippen molar-refractivity contribution in [2.45, 2.75) is 33.6 Å². The first-order valence-corrected chi connectivity index (χ1v) is 10.0. The number of hydrogen-bond acceptors (Lipinski definition) is 3. The number of nitrogens with zero attached hydrogens (tertiary/aromatic N) is 1. The third kappa shape index (κ3) is 6.89. The van der Waals surface area contributed by atoms with Crippen LogP contribution >= 0.6 is 11.6 Å². The Morgan fingerprint density at radius 2 is 1.85 bits per heavy atom. The highest BCUT2D eigenvalue weighted by atomic mass is 35.5. The van der Waals surface area contributed by atoms with Gasteiger partial charge in [0.2, 0.25) is 5.91 Å². The monoisotopic (exact) mass is 387 g/mol. The Labute approximate surface area is 167 Å². The number of carbonyl (C=O) groups is 1. The van der Waals surface area contributed by atoms with E-state index in [0.717, 1.165) is 42.3 Å². The fourth-order valence-electron chi connectivity index (χ4n) is 3.04. The molecule has 0 fully saturated rings. The molecule has 0 aromatic heterocycles. The minimum atomic E-state index is 0.0314. The van der Waals surface area contributed by atoms with Crippen LogP contribution in [0.4, 0.5) is 11.4 Å². The largest absolute Gasteiger partial charge is 0.372 e. The lowest BCUT2D eigenvalue weighted by atomic mass is 10.1. The number of hydrogen-bond donors (Lipinski definition) is 2. The molecule has 0 radical (unpaired) electrons. The lowest BCUT2D eigenvalue weighted by Crippen LogP contribution is -2.24. The van der Waals surface area contributed by atoms with Gasteiger partial charge in [-0.3, -0.25) is 4.79 Å². The van der Waals surface area contributed by atoms with Crippen molar-refractivity contribution >= 4 is 28.9 Å². The Balaban J connectivity index is 1.74. The molecule has 0 aliphatic heterocycles. The second-order valence-electron chi connectivity index (χ2n) is 6.60. The van der Waals surface area contributed by atoms with E-state index < -0.39 is 0 Å². The molecule has 0 spiro atoms.